The Kier molecular flexibility index (Phi) is 5.46. The topological polar surface area (TPSA) is 93.9 Å². The van der Waals surface area contributed by atoms with Gasteiger partial charge in [0.05, 0.1) is 7.11 Å². The molecule has 9 heteroatoms. The standard InChI is InChI=1S/C21H24N4O4S/c1-29-18-7-3-5-15(11-18)16-8-9-19-22-21(23-25(19)13-16)17-6-4-10-24(12-17)20(26)14-30(2,27)28/h3,5,7-9,11,13,17H,4,6,10,12,14H2,1-2H3/t17-/m0/s1. The molecule has 4 rings (SSSR count). The molecule has 2 aromatic heterocycles. The monoisotopic (exact) mass is 428 g/mol. The predicted molar refractivity (Wildman–Crippen MR) is 113 cm³/mol. The van der Waals surface area contributed by atoms with E-state index < -0.39 is 15.6 Å². The first-order valence-electron chi connectivity index (χ1n) is 9.78. The number of methoxy groups -OCH3 is 1. The van der Waals surface area contributed by atoms with Gasteiger partial charge in [0, 0.05) is 37.0 Å². The summed E-state index contributed by atoms with van der Waals surface area (Å²) >= 11 is 0. The molecule has 1 aromatic carbocycles. The summed E-state index contributed by atoms with van der Waals surface area (Å²) in [6.45, 7) is 1.01. The number of hydrogen-bond donors (Lipinski definition) is 0. The molecule has 3 heterocycles. The van der Waals surface area contributed by atoms with E-state index in [-0.39, 0.29) is 11.8 Å². The van der Waals surface area contributed by atoms with Gasteiger partial charge in [-0.3, -0.25) is 4.79 Å². The van der Waals surface area contributed by atoms with Crippen molar-refractivity contribution < 1.29 is 17.9 Å². The number of carbonyl (C=O) groups excluding carboxylic acids is 1. The van der Waals surface area contributed by atoms with Gasteiger partial charge in [-0.1, -0.05) is 12.1 Å². The zero-order valence-corrected chi connectivity index (χ0v) is 17.8. The van der Waals surface area contributed by atoms with Crippen molar-refractivity contribution in [1.29, 1.82) is 0 Å². The third-order valence-electron chi connectivity index (χ3n) is 5.28. The normalized spacial score (nSPS) is 17.3. The van der Waals surface area contributed by atoms with Crippen molar-refractivity contribution in [1.82, 2.24) is 19.5 Å². The molecule has 30 heavy (non-hydrogen) atoms. The second-order valence-corrected chi connectivity index (χ2v) is 9.81. The van der Waals surface area contributed by atoms with Crippen LogP contribution >= 0.6 is 0 Å². The van der Waals surface area contributed by atoms with E-state index >= 15 is 0 Å². The first-order valence-corrected chi connectivity index (χ1v) is 11.8. The van der Waals surface area contributed by atoms with Crippen LogP contribution in [-0.2, 0) is 14.6 Å². The maximum atomic E-state index is 12.3. The van der Waals surface area contributed by atoms with Crippen molar-refractivity contribution in [3.05, 3.63) is 48.4 Å². The number of hydrogen-bond acceptors (Lipinski definition) is 6. The summed E-state index contributed by atoms with van der Waals surface area (Å²) in [7, 11) is -1.71. The Bertz CT molecular complexity index is 1190. The van der Waals surface area contributed by atoms with Crippen LogP contribution < -0.4 is 4.74 Å². The van der Waals surface area contributed by atoms with E-state index in [1.165, 1.54) is 0 Å². The number of benzene rings is 1. The number of rotatable bonds is 5. The van der Waals surface area contributed by atoms with Crippen molar-refractivity contribution in [2.24, 2.45) is 0 Å². The number of aromatic nitrogens is 3. The van der Waals surface area contributed by atoms with Crippen LogP contribution in [0.2, 0.25) is 0 Å². The van der Waals surface area contributed by atoms with Gasteiger partial charge in [0.15, 0.2) is 21.3 Å². The van der Waals surface area contributed by atoms with Crippen molar-refractivity contribution >= 4 is 21.4 Å². The largest absolute Gasteiger partial charge is 0.497 e. The summed E-state index contributed by atoms with van der Waals surface area (Å²) in [5.74, 6) is 0.638. The van der Waals surface area contributed by atoms with Crippen LogP contribution in [-0.4, -0.2) is 66.0 Å². The lowest BCUT2D eigenvalue weighted by Crippen LogP contribution is -2.42. The first kappa shape index (κ1) is 20.3. The van der Waals surface area contributed by atoms with Gasteiger partial charge in [0.2, 0.25) is 5.91 Å². The molecule has 1 aliphatic heterocycles. The van der Waals surface area contributed by atoms with Crippen LogP contribution in [0.3, 0.4) is 0 Å². The van der Waals surface area contributed by atoms with Crippen molar-refractivity contribution in [3.63, 3.8) is 0 Å². The van der Waals surface area contributed by atoms with Crippen molar-refractivity contribution in [3.8, 4) is 16.9 Å². The van der Waals surface area contributed by atoms with Gasteiger partial charge >= 0.3 is 0 Å². The minimum atomic E-state index is -3.35. The lowest BCUT2D eigenvalue weighted by atomic mass is 9.97. The van der Waals surface area contributed by atoms with E-state index in [1.807, 2.05) is 42.6 Å². The lowest BCUT2D eigenvalue weighted by Gasteiger charge is -2.31. The van der Waals surface area contributed by atoms with Gasteiger partial charge in [-0.15, -0.1) is 0 Å². The molecule has 158 valence electrons. The third-order valence-corrected chi connectivity index (χ3v) is 6.05. The van der Waals surface area contributed by atoms with Crippen LogP contribution in [0.1, 0.15) is 24.6 Å². The van der Waals surface area contributed by atoms with Crippen LogP contribution in [0, 0.1) is 0 Å². The van der Waals surface area contributed by atoms with E-state index in [0.29, 0.717) is 18.9 Å². The first-order chi connectivity index (χ1) is 14.3. The van der Waals surface area contributed by atoms with Gasteiger partial charge in [-0.05, 0) is 42.7 Å². The Hall–Kier alpha value is -2.94. The highest BCUT2D eigenvalue weighted by Crippen LogP contribution is 2.27. The third kappa shape index (κ3) is 4.46. The second-order valence-electron chi connectivity index (χ2n) is 7.67. The SMILES string of the molecule is COc1cccc(-c2ccc3nc([C@H]4CCCN(C(=O)CS(C)(=O)=O)C4)nn3c2)c1. The fourth-order valence-corrected chi connectivity index (χ4v) is 4.41. The zero-order chi connectivity index (χ0) is 21.3. The lowest BCUT2D eigenvalue weighted by molar-refractivity contribution is -0.129. The zero-order valence-electron chi connectivity index (χ0n) is 17.0. The Morgan fingerprint density at radius 1 is 1.23 bits per heavy atom. The number of pyridine rings is 1. The van der Waals surface area contributed by atoms with E-state index in [0.717, 1.165) is 41.6 Å². The maximum absolute atomic E-state index is 12.3. The van der Waals surface area contributed by atoms with Gasteiger partial charge in [0.25, 0.3) is 0 Å². The highest BCUT2D eigenvalue weighted by molar-refractivity contribution is 7.91. The van der Waals surface area contributed by atoms with Gasteiger partial charge in [-0.25, -0.2) is 17.9 Å². The number of piperidine rings is 1. The maximum Gasteiger partial charge on any atom is 0.237 e. The number of amides is 1. The van der Waals surface area contributed by atoms with E-state index in [1.54, 1.807) is 16.5 Å². The number of sulfone groups is 1. The summed E-state index contributed by atoms with van der Waals surface area (Å²) < 4.78 is 30.0. The van der Waals surface area contributed by atoms with Gasteiger partial charge in [-0.2, -0.15) is 5.10 Å². The number of ether oxygens (including phenoxy) is 1. The van der Waals surface area contributed by atoms with E-state index in [2.05, 4.69) is 10.1 Å². The molecule has 1 amide bonds. The molecule has 1 fully saturated rings. The molecular formula is C21H24N4O4S. The fraction of sp³-hybridized carbons (Fsp3) is 0.381. The van der Waals surface area contributed by atoms with Gasteiger partial charge < -0.3 is 9.64 Å². The molecular weight excluding hydrogens is 404 g/mol. The highest BCUT2D eigenvalue weighted by atomic mass is 32.2. The van der Waals surface area contributed by atoms with Crippen LogP contribution in [0.25, 0.3) is 16.8 Å². The second kappa shape index (κ2) is 8.06. The molecule has 0 spiro atoms. The minimum absolute atomic E-state index is 0.0116. The molecule has 0 aliphatic carbocycles. The molecule has 0 bridgehead atoms. The fourth-order valence-electron chi connectivity index (χ4n) is 3.78. The summed E-state index contributed by atoms with van der Waals surface area (Å²) in [4.78, 5) is 18.6. The summed E-state index contributed by atoms with van der Waals surface area (Å²) in [5.41, 5.74) is 2.74. The van der Waals surface area contributed by atoms with Crippen LogP contribution in [0.5, 0.6) is 5.75 Å². The summed E-state index contributed by atoms with van der Waals surface area (Å²) in [6, 6.07) is 11.7. The number of carbonyl (C=O) groups is 1. The number of nitrogens with zero attached hydrogens (tertiary/aromatic N) is 4. The molecule has 0 radical (unpaired) electrons. The van der Waals surface area contributed by atoms with E-state index in [4.69, 9.17) is 4.74 Å². The van der Waals surface area contributed by atoms with Gasteiger partial charge in [0.1, 0.15) is 11.5 Å². The Morgan fingerprint density at radius 2 is 2.07 bits per heavy atom. The number of likely N-dealkylation sites (tertiary alicyclic amines) is 1. The minimum Gasteiger partial charge on any atom is -0.497 e. The molecule has 3 aromatic rings. The van der Waals surface area contributed by atoms with Crippen LogP contribution in [0.4, 0.5) is 0 Å². The highest BCUT2D eigenvalue weighted by Gasteiger charge is 2.28. The van der Waals surface area contributed by atoms with E-state index in [9.17, 15) is 13.2 Å². The van der Waals surface area contributed by atoms with Crippen molar-refractivity contribution in [2.75, 3.05) is 32.2 Å². The summed E-state index contributed by atoms with van der Waals surface area (Å²) in [5, 5.41) is 4.65. The Balaban J connectivity index is 1.56. The number of fused-ring (bicyclic) bond motifs is 1. The molecule has 1 atom stereocenters. The smallest absolute Gasteiger partial charge is 0.237 e. The molecule has 0 unspecified atom stereocenters. The Morgan fingerprint density at radius 3 is 2.83 bits per heavy atom. The molecule has 0 saturated carbocycles. The summed E-state index contributed by atoms with van der Waals surface area (Å²) in [6.07, 6.45) is 4.67. The average molecular weight is 429 g/mol. The Labute approximate surface area is 175 Å². The molecule has 1 aliphatic rings. The molecule has 0 N–H and O–H groups in total. The van der Waals surface area contributed by atoms with Crippen molar-refractivity contribution in [2.45, 2.75) is 18.8 Å². The average Bonchev–Trinajstić information content (AvgIpc) is 3.16. The molecule has 8 nitrogen and oxygen atoms in total. The molecule has 1 saturated heterocycles. The van der Waals surface area contributed by atoms with Crippen LogP contribution in [0.15, 0.2) is 42.6 Å². The quantitative estimate of drug-likeness (QED) is 0.618. The predicted octanol–water partition coefficient (Wildman–Crippen LogP) is 2.16.